The number of carbonyl (C=O) groups excluding carboxylic acids is 1. The van der Waals surface area contributed by atoms with Crippen molar-refractivity contribution in [1.82, 2.24) is 4.98 Å². The zero-order valence-electron chi connectivity index (χ0n) is 13.1. The topological polar surface area (TPSA) is 63.0 Å². The zero-order valence-corrected chi connectivity index (χ0v) is 13.9. The summed E-state index contributed by atoms with van der Waals surface area (Å²) < 4.78 is 5.27. The van der Waals surface area contributed by atoms with Crippen molar-refractivity contribution < 1.29 is 9.53 Å². The van der Waals surface area contributed by atoms with Crippen molar-refractivity contribution >= 4 is 17.7 Å². The van der Waals surface area contributed by atoms with Crippen LogP contribution in [0.1, 0.15) is 49.9 Å². The molecule has 1 aromatic heterocycles. The molecular formula is C16H22N2O2S. The fourth-order valence-corrected chi connectivity index (χ4v) is 2.99. The van der Waals surface area contributed by atoms with Crippen LogP contribution >= 0.6 is 11.8 Å². The number of esters is 1. The molecule has 0 aromatic carbocycles. The largest absolute Gasteiger partial charge is 0.465 e. The first-order valence-corrected chi connectivity index (χ1v) is 8.13. The average molecular weight is 306 g/mol. The summed E-state index contributed by atoms with van der Waals surface area (Å²) in [5.41, 5.74) is 2.29. The van der Waals surface area contributed by atoms with Gasteiger partial charge in [-0.2, -0.15) is 5.26 Å². The molecule has 0 aliphatic carbocycles. The molecule has 4 nitrogen and oxygen atoms in total. The summed E-state index contributed by atoms with van der Waals surface area (Å²) in [5.74, 6) is -0.221. The summed E-state index contributed by atoms with van der Waals surface area (Å²) in [7, 11) is 0. The van der Waals surface area contributed by atoms with Gasteiger partial charge in [-0.15, -0.1) is 0 Å². The number of hydrogen-bond donors (Lipinski definition) is 0. The number of pyridine rings is 1. The molecule has 114 valence electrons. The Morgan fingerprint density at radius 2 is 2.19 bits per heavy atom. The lowest BCUT2D eigenvalue weighted by atomic mass is 10.1. The van der Waals surface area contributed by atoms with E-state index in [1.54, 1.807) is 0 Å². The standard InChI is InChI=1S/C16H22N2O2S/c1-5-7-8-20-16(19)14(6-2)21-15-13(10-17)11(3)9-12(4)18-15/h9,14H,5-8H2,1-4H3. The van der Waals surface area contributed by atoms with Gasteiger partial charge in [-0.3, -0.25) is 4.79 Å². The molecule has 0 aliphatic heterocycles. The lowest BCUT2D eigenvalue weighted by molar-refractivity contribution is -0.143. The lowest BCUT2D eigenvalue weighted by Crippen LogP contribution is -2.20. The predicted octanol–water partition coefficient (Wildman–Crippen LogP) is 3.78. The molecule has 0 fully saturated rings. The van der Waals surface area contributed by atoms with Gasteiger partial charge in [-0.1, -0.05) is 32.0 Å². The third kappa shape index (κ3) is 5.05. The van der Waals surface area contributed by atoms with Gasteiger partial charge in [-0.25, -0.2) is 4.98 Å². The summed E-state index contributed by atoms with van der Waals surface area (Å²) >= 11 is 1.33. The van der Waals surface area contributed by atoms with Crippen LogP contribution in [0.15, 0.2) is 11.1 Å². The minimum atomic E-state index is -0.317. The zero-order chi connectivity index (χ0) is 15.8. The molecule has 0 saturated carbocycles. The number of nitrogens with zero attached hydrogens (tertiary/aromatic N) is 2. The van der Waals surface area contributed by atoms with Gasteiger partial charge in [0.25, 0.3) is 0 Å². The molecule has 0 spiro atoms. The molecule has 1 atom stereocenters. The Morgan fingerprint density at radius 3 is 2.76 bits per heavy atom. The summed E-state index contributed by atoms with van der Waals surface area (Å²) in [6.45, 7) is 8.22. The number of hydrogen-bond acceptors (Lipinski definition) is 5. The number of aromatic nitrogens is 1. The van der Waals surface area contributed by atoms with E-state index in [2.05, 4.69) is 18.0 Å². The van der Waals surface area contributed by atoms with E-state index in [0.29, 0.717) is 23.6 Å². The van der Waals surface area contributed by atoms with Crippen molar-refractivity contribution in [2.45, 2.75) is 57.2 Å². The Kier molecular flexibility index (Phi) is 7.24. The number of unbranched alkanes of at least 4 members (excludes halogenated alkanes) is 1. The minimum absolute atomic E-state index is 0.221. The average Bonchev–Trinajstić information content (AvgIpc) is 2.44. The maximum absolute atomic E-state index is 12.1. The van der Waals surface area contributed by atoms with E-state index in [0.717, 1.165) is 24.1 Å². The van der Waals surface area contributed by atoms with Crippen molar-refractivity contribution in [3.63, 3.8) is 0 Å². The molecule has 0 radical (unpaired) electrons. The highest BCUT2D eigenvalue weighted by Gasteiger charge is 2.22. The fraction of sp³-hybridized carbons (Fsp3) is 0.562. The number of aryl methyl sites for hydroxylation is 2. The van der Waals surface area contributed by atoms with Crippen molar-refractivity contribution in [2.75, 3.05) is 6.61 Å². The Labute approximate surface area is 130 Å². The van der Waals surface area contributed by atoms with Gasteiger partial charge in [0.15, 0.2) is 0 Å². The van der Waals surface area contributed by atoms with Crippen LogP contribution in [0, 0.1) is 25.2 Å². The van der Waals surface area contributed by atoms with E-state index in [1.165, 1.54) is 11.8 Å². The van der Waals surface area contributed by atoms with Gasteiger partial charge in [0.1, 0.15) is 16.3 Å². The van der Waals surface area contributed by atoms with Crippen LogP contribution in [-0.2, 0) is 9.53 Å². The maximum Gasteiger partial charge on any atom is 0.319 e. The Bertz CT molecular complexity index is 538. The molecule has 1 aromatic rings. The Balaban J connectivity index is 2.87. The number of ether oxygens (including phenoxy) is 1. The van der Waals surface area contributed by atoms with Gasteiger partial charge in [0.05, 0.1) is 12.2 Å². The molecule has 1 rings (SSSR count). The Morgan fingerprint density at radius 1 is 1.48 bits per heavy atom. The molecule has 0 bridgehead atoms. The summed E-state index contributed by atoms with van der Waals surface area (Å²) in [4.78, 5) is 16.5. The van der Waals surface area contributed by atoms with Crippen molar-refractivity contribution in [2.24, 2.45) is 0 Å². The first kappa shape index (κ1) is 17.5. The molecule has 0 aliphatic rings. The van der Waals surface area contributed by atoms with Crippen LogP contribution in [0.25, 0.3) is 0 Å². The quantitative estimate of drug-likeness (QED) is 0.436. The van der Waals surface area contributed by atoms with Crippen LogP contribution in [0.2, 0.25) is 0 Å². The number of thioether (sulfide) groups is 1. The molecule has 5 heteroatoms. The lowest BCUT2D eigenvalue weighted by Gasteiger charge is -2.15. The predicted molar refractivity (Wildman–Crippen MR) is 84.2 cm³/mol. The van der Waals surface area contributed by atoms with Crippen molar-refractivity contribution in [1.29, 1.82) is 5.26 Å². The highest BCUT2D eigenvalue weighted by molar-refractivity contribution is 8.00. The van der Waals surface area contributed by atoms with Gasteiger partial charge in [-0.05, 0) is 38.3 Å². The van der Waals surface area contributed by atoms with Crippen LogP contribution in [-0.4, -0.2) is 22.8 Å². The highest BCUT2D eigenvalue weighted by atomic mass is 32.2. The molecule has 1 heterocycles. The molecule has 0 amide bonds. The molecule has 1 unspecified atom stereocenters. The van der Waals surface area contributed by atoms with Gasteiger partial charge < -0.3 is 4.74 Å². The highest BCUT2D eigenvalue weighted by Crippen LogP contribution is 2.29. The smallest absolute Gasteiger partial charge is 0.319 e. The van der Waals surface area contributed by atoms with E-state index in [4.69, 9.17) is 4.74 Å². The maximum atomic E-state index is 12.1. The van der Waals surface area contributed by atoms with Crippen LogP contribution in [0.5, 0.6) is 0 Å². The van der Waals surface area contributed by atoms with E-state index in [-0.39, 0.29) is 11.2 Å². The first-order chi connectivity index (χ1) is 10.0. The Hall–Kier alpha value is -1.54. The van der Waals surface area contributed by atoms with E-state index in [9.17, 15) is 10.1 Å². The fourth-order valence-electron chi connectivity index (χ4n) is 1.87. The van der Waals surface area contributed by atoms with E-state index in [1.807, 2.05) is 26.8 Å². The van der Waals surface area contributed by atoms with Crippen molar-refractivity contribution in [3.8, 4) is 6.07 Å². The molecule has 0 N–H and O–H groups in total. The normalized spacial score (nSPS) is 11.8. The van der Waals surface area contributed by atoms with Crippen molar-refractivity contribution in [3.05, 3.63) is 22.9 Å². The van der Waals surface area contributed by atoms with E-state index < -0.39 is 0 Å². The number of nitriles is 1. The summed E-state index contributed by atoms with van der Waals surface area (Å²) in [6, 6.07) is 4.05. The number of rotatable bonds is 7. The van der Waals surface area contributed by atoms with E-state index >= 15 is 0 Å². The second-order valence-corrected chi connectivity index (χ2v) is 6.10. The van der Waals surface area contributed by atoms with Gasteiger partial charge in [0.2, 0.25) is 0 Å². The first-order valence-electron chi connectivity index (χ1n) is 7.25. The number of carbonyl (C=O) groups is 1. The molecule has 21 heavy (non-hydrogen) atoms. The second kappa shape index (κ2) is 8.68. The monoisotopic (exact) mass is 306 g/mol. The third-order valence-corrected chi connectivity index (χ3v) is 4.38. The summed E-state index contributed by atoms with van der Waals surface area (Å²) in [5, 5.41) is 9.57. The SMILES string of the molecule is CCCCOC(=O)C(CC)Sc1nc(C)cc(C)c1C#N. The second-order valence-electron chi connectivity index (χ2n) is 4.91. The summed E-state index contributed by atoms with van der Waals surface area (Å²) in [6.07, 6.45) is 2.52. The van der Waals surface area contributed by atoms with Gasteiger partial charge >= 0.3 is 5.97 Å². The molecular weight excluding hydrogens is 284 g/mol. The minimum Gasteiger partial charge on any atom is -0.465 e. The molecule has 0 saturated heterocycles. The third-order valence-electron chi connectivity index (χ3n) is 3.05. The van der Waals surface area contributed by atoms with Gasteiger partial charge in [0, 0.05) is 5.69 Å². The van der Waals surface area contributed by atoms with Crippen LogP contribution in [0.3, 0.4) is 0 Å². The van der Waals surface area contributed by atoms with Crippen LogP contribution in [0.4, 0.5) is 0 Å². The van der Waals surface area contributed by atoms with Crippen LogP contribution < -0.4 is 0 Å².